The molecule has 0 spiro atoms. The molecule has 0 nitrogen and oxygen atoms in total. The zero-order valence-corrected chi connectivity index (χ0v) is 13.0. The molecular formula is C20H16S. The molecule has 0 aliphatic heterocycles. The highest BCUT2D eigenvalue weighted by molar-refractivity contribution is 7.22. The van der Waals surface area contributed by atoms with Crippen molar-refractivity contribution in [3.63, 3.8) is 0 Å². The fraction of sp³-hybridized carbons (Fsp3) is 0.100. The minimum atomic E-state index is 1.32. The highest BCUT2D eigenvalue weighted by Gasteiger charge is 2.13. The number of hydrogen-bond acceptors (Lipinski definition) is 1. The molecule has 0 aliphatic carbocycles. The second-order valence-electron chi connectivity index (χ2n) is 5.53. The maximum Gasteiger partial charge on any atom is 0.0387 e. The number of aryl methyl sites for hydroxylation is 2. The van der Waals surface area contributed by atoms with E-state index in [0.717, 1.165) is 0 Å². The van der Waals surface area contributed by atoms with Gasteiger partial charge in [-0.2, -0.15) is 0 Å². The average Bonchev–Trinajstić information content (AvgIpc) is 2.85. The summed E-state index contributed by atoms with van der Waals surface area (Å²) in [4.78, 5) is 1.40. The first-order chi connectivity index (χ1) is 10.3. The van der Waals surface area contributed by atoms with Gasteiger partial charge in [0, 0.05) is 15.0 Å². The van der Waals surface area contributed by atoms with E-state index in [4.69, 9.17) is 0 Å². The summed E-state index contributed by atoms with van der Waals surface area (Å²) in [6.07, 6.45) is 0. The predicted octanol–water partition coefficient (Wildman–Crippen LogP) is 6.34. The van der Waals surface area contributed by atoms with Crippen molar-refractivity contribution in [3.8, 4) is 10.4 Å². The van der Waals surface area contributed by atoms with E-state index in [1.165, 1.54) is 42.4 Å². The van der Waals surface area contributed by atoms with E-state index in [2.05, 4.69) is 74.5 Å². The van der Waals surface area contributed by atoms with Crippen molar-refractivity contribution in [2.45, 2.75) is 13.8 Å². The molecular weight excluding hydrogens is 272 g/mol. The Bertz CT molecular complexity index is 960. The van der Waals surface area contributed by atoms with E-state index >= 15 is 0 Å². The Labute approximate surface area is 128 Å². The lowest BCUT2D eigenvalue weighted by Crippen LogP contribution is -1.81. The Hall–Kier alpha value is -2.12. The summed E-state index contributed by atoms with van der Waals surface area (Å²) in [7, 11) is 0. The molecule has 0 aliphatic rings. The van der Waals surface area contributed by atoms with Crippen LogP contribution in [-0.4, -0.2) is 0 Å². The van der Waals surface area contributed by atoms with Crippen molar-refractivity contribution in [3.05, 3.63) is 71.8 Å². The van der Waals surface area contributed by atoms with Crippen LogP contribution in [0.4, 0.5) is 0 Å². The Morgan fingerprint density at radius 2 is 1.52 bits per heavy atom. The summed E-state index contributed by atoms with van der Waals surface area (Å²) in [6.45, 7) is 4.45. The monoisotopic (exact) mass is 288 g/mol. The van der Waals surface area contributed by atoms with Crippen molar-refractivity contribution in [1.29, 1.82) is 0 Å². The standard InChI is InChI=1S/C20H16S/c1-13-7-3-5-9-16(13)20-14(2)19-17-10-6-4-8-15(17)11-12-18(19)21-20/h3-12H,1-2H3. The predicted molar refractivity (Wildman–Crippen MR) is 94.2 cm³/mol. The average molecular weight is 288 g/mol. The molecule has 0 fully saturated rings. The van der Waals surface area contributed by atoms with Crippen LogP contribution >= 0.6 is 11.3 Å². The molecule has 3 aromatic carbocycles. The lowest BCUT2D eigenvalue weighted by molar-refractivity contribution is 1.46. The van der Waals surface area contributed by atoms with E-state index in [0.29, 0.717) is 0 Å². The first-order valence-electron chi connectivity index (χ1n) is 7.22. The van der Waals surface area contributed by atoms with Crippen LogP contribution in [0.2, 0.25) is 0 Å². The number of rotatable bonds is 1. The van der Waals surface area contributed by atoms with Crippen molar-refractivity contribution in [2.24, 2.45) is 0 Å². The zero-order valence-electron chi connectivity index (χ0n) is 12.2. The molecule has 1 aromatic heterocycles. The van der Waals surface area contributed by atoms with Crippen LogP contribution in [0.25, 0.3) is 31.3 Å². The van der Waals surface area contributed by atoms with E-state index in [9.17, 15) is 0 Å². The summed E-state index contributed by atoms with van der Waals surface area (Å²) in [5.74, 6) is 0. The summed E-state index contributed by atoms with van der Waals surface area (Å²) >= 11 is 1.91. The van der Waals surface area contributed by atoms with Crippen molar-refractivity contribution in [2.75, 3.05) is 0 Å². The van der Waals surface area contributed by atoms with Gasteiger partial charge in [0.2, 0.25) is 0 Å². The van der Waals surface area contributed by atoms with Crippen LogP contribution in [0.5, 0.6) is 0 Å². The third kappa shape index (κ3) is 1.89. The zero-order chi connectivity index (χ0) is 14.4. The molecule has 0 bridgehead atoms. The lowest BCUT2D eigenvalue weighted by Gasteiger charge is -2.04. The Kier molecular flexibility index (Phi) is 2.83. The SMILES string of the molecule is Cc1ccccc1-c1sc2ccc3ccccc3c2c1C. The number of hydrogen-bond donors (Lipinski definition) is 0. The summed E-state index contributed by atoms with van der Waals surface area (Å²) in [5, 5.41) is 4.10. The van der Waals surface area contributed by atoms with Gasteiger partial charge in [0.15, 0.2) is 0 Å². The Morgan fingerprint density at radius 3 is 2.38 bits per heavy atom. The van der Waals surface area contributed by atoms with Gasteiger partial charge in [-0.25, -0.2) is 0 Å². The molecule has 0 saturated heterocycles. The quantitative estimate of drug-likeness (QED) is 0.383. The van der Waals surface area contributed by atoms with Gasteiger partial charge in [-0.1, -0.05) is 54.6 Å². The van der Waals surface area contributed by atoms with Gasteiger partial charge in [-0.3, -0.25) is 0 Å². The molecule has 0 N–H and O–H groups in total. The van der Waals surface area contributed by atoms with Crippen molar-refractivity contribution < 1.29 is 0 Å². The first kappa shape index (κ1) is 12.6. The summed E-state index contributed by atoms with van der Waals surface area (Å²) < 4.78 is 1.38. The van der Waals surface area contributed by atoms with Gasteiger partial charge in [0.1, 0.15) is 0 Å². The summed E-state index contributed by atoms with van der Waals surface area (Å²) in [5.41, 5.74) is 4.11. The maximum atomic E-state index is 2.26. The number of benzene rings is 3. The van der Waals surface area contributed by atoms with E-state index in [1.54, 1.807) is 0 Å². The van der Waals surface area contributed by atoms with Crippen LogP contribution in [0.15, 0.2) is 60.7 Å². The van der Waals surface area contributed by atoms with Gasteiger partial charge in [0.05, 0.1) is 0 Å². The van der Waals surface area contributed by atoms with Crippen LogP contribution < -0.4 is 0 Å². The van der Waals surface area contributed by atoms with Crippen molar-refractivity contribution in [1.82, 2.24) is 0 Å². The van der Waals surface area contributed by atoms with E-state index < -0.39 is 0 Å². The minimum absolute atomic E-state index is 1.32. The van der Waals surface area contributed by atoms with Crippen LogP contribution in [0.3, 0.4) is 0 Å². The second-order valence-corrected chi connectivity index (χ2v) is 6.58. The Balaban J connectivity index is 2.12. The third-order valence-corrected chi connectivity index (χ3v) is 5.50. The highest BCUT2D eigenvalue weighted by atomic mass is 32.1. The van der Waals surface area contributed by atoms with Crippen LogP contribution in [0.1, 0.15) is 11.1 Å². The lowest BCUT2D eigenvalue weighted by atomic mass is 10.00. The minimum Gasteiger partial charge on any atom is -0.135 e. The highest BCUT2D eigenvalue weighted by Crippen LogP contribution is 2.42. The van der Waals surface area contributed by atoms with Gasteiger partial charge in [-0.15, -0.1) is 11.3 Å². The molecule has 1 heterocycles. The molecule has 1 heteroatoms. The van der Waals surface area contributed by atoms with Crippen LogP contribution in [0, 0.1) is 13.8 Å². The second kappa shape index (κ2) is 4.71. The first-order valence-corrected chi connectivity index (χ1v) is 8.04. The molecule has 0 unspecified atom stereocenters. The number of fused-ring (bicyclic) bond motifs is 3. The molecule has 21 heavy (non-hydrogen) atoms. The van der Waals surface area contributed by atoms with Crippen LogP contribution in [-0.2, 0) is 0 Å². The molecule has 4 rings (SSSR count). The van der Waals surface area contributed by atoms with Crippen molar-refractivity contribution >= 4 is 32.2 Å². The fourth-order valence-corrected chi connectivity index (χ4v) is 4.42. The number of thiophene rings is 1. The van der Waals surface area contributed by atoms with Gasteiger partial charge < -0.3 is 0 Å². The topological polar surface area (TPSA) is 0 Å². The third-order valence-electron chi connectivity index (χ3n) is 4.21. The molecule has 0 saturated carbocycles. The normalized spacial score (nSPS) is 11.3. The van der Waals surface area contributed by atoms with Gasteiger partial charge >= 0.3 is 0 Å². The van der Waals surface area contributed by atoms with Gasteiger partial charge in [0.25, 0.3) is 0 Å². The summed E-state index contributed by atoms with van der Waals surface area (Å²) in [6, 6.07) is 21.8. The van der Waals surface area contributed by atoms with E-state index in [1.807, 2.05) is 11.3 Å². The smallest absolute Gasteiger partial charge is 0.0387 e. The largest absolute Gasteiger partial charge is 0.135 e. The molecule has 4 aromatic rings. The maximum absolute atomic E-state index is 2.26. The molecule has 0 radical (unpaired) electrons. The fourth-order valence-electron chi connectivity index (χ4n) is 3.11. The molecule has 0 atom stereocenters. The Morgan fingerprint density at radius 1 is 0.762 bits per heavy atom. The molecule has 102 valence electrons. The molecule has 0 amide bonds. The van der Waals surface area contributed by atoms with E-state index in [-0.39, 0.29) is 0 Å². The van der Waals surface area contributed by atoms with Gasteiger partial charge in [-0.05, 0) is 47.4 Å².